The number of carbonyl (C=O) groups excluding carboxylic acids is 1. The largest absolute Gasteiger partial charge is 0.465 e. The van der Waals surface area contributed by atoms with E-state index in [0.29, 0.717) is 12.5 Å². The molecule has 0 saturated heterocycles. The van der Waals surface area contributed by atoms with Gasteiger partial charge in [0.2, 0.25) is 0 Å². The molecule has 0 heterocycles. The smallest absolute Gasteiger partial charge is 0.327 e. The van der Waals surface area contributed by atoms with Crippen molar-refractivity contribution in [1.29, 1.82) is 0 Å². The van der Waals surface area contributed by atoms with Gasteiger partial charge in [-0.1, -0.05) is 0 Å². The van der Waals surface area contributed by atoms with Crippen molar-refractivity contribution in [1.82, 2.24) is 5.32 Å². The lowest BCUT2D eigenvalue weighted by Crippen LogP contribution is -2.55. The molecule has 100 valence electrons. The number of carbonyl (C=O) groups is 1. The lowest BCUT2D eigenvalue weighted by Gasteiger charge is -2.30. The first-order chi connectivity index (χ1) is 8.21. The third-order valence-electron chi connectivity index (χ3n) is 3.12. The van der Waals surface area contributed by atoms with Gasteiger partial charge in [0, 0.05) is 18.6 Å². The van der Waals surface area contributed by atoms with Gasteiger partial charge in [0.15, 0.2) is 0 Å². The Balaban J connectivity index is 2.54. The van der Waals surface area contributed by atoms with E-state index in [1.165, 1.54) is 0 Å². The Bertz CT molecular complexity index is 246. The minimum Gasteiger partial charge on any atom is -0.465 e. The van der Waals surface area contributed by atoms with Gasteiger partial charge < -0.3 is 14.8 Å². The highest BCUT2D eigenvalue weighted by atomic mass is 32.2. The van der Waals surface area contributed by atoms with Gasteiger partial charge in [0.25, 0.3) is 0 Å². The molecule has 5 heteroatoms. The molecule has 1 fully saturated rings. The summed E-state index contributed by atoms with van der Waals surface area (Å²) in [4.78, 5) is 12.1. The predicted molar refractivity (Wildman–Crippen MR) is 70.3 cm³/mol. The van der Waals surface area contributed by atoms with E-state index < -0.39 is 5.54 Å². The number of methoxy groups -OCH3 is 1. The highest BCUT2D eigenvalue weighted by molar-refractivity contribution is 7.99. The third kappa shape index (κ3) is 3.86. The summed E-state index contributed by atoms with van der Waals surface area (Å²) in [5.41, 5.74) is -0.492. The Morgan fingerprint density at radius 2 is 2.24 bits per heavy atom. The minimum absolute atomic E-state index is 0.102. The van der Waals surface area contributed by atoms with E-state index in [2.05, 4.69) is 5.32 Å². The first-order valence-corrected chi connectivity index (χ1v) is 7.29. The molecule has 0 aromatic heterocycles. The monoisotopic (exact) mass is 261 g/mol. The number of nitrogens with one attached hydrogen (secondary N) is 1. The SMILES string of the molecule is CCOC(=O)C(CSCCOC)(NC)C1CC1. The maximum absolute atomic E-state index is 12.1. The fourth-order valence-corrected chi connectivity index (χ4v) is 3.18. The van der Waals surface area contributed by atoms with Crippen molar-refractivity contribution in [2.75, 3.05) is 38.9 Å². The van der Waals surface area contributed by atoms with Crippen LogP contribution in [-0.2, 0) is 14.3 Å². The summed E-state index contributed by atoms with van der Waals surface area (Å²) in [6.07, 6.45) is 2.23. The van der Waals surface area contributed by atoms with Crippen molar-refractivity contribution >= 4 is 17.7 Å². The number of hydrogen-bond donors (Lipinski definition) is 1. The summed E-state index contributed by atoms with van der Waals surface area (Å²) in [5.74, 6) is 2.00. The summed E-state index contributed by atoms with van der Waals surface area (Å²) in [5, 5.41) is 3.20. The van der Waals surface area contributed by atoms with E-state index >= 15 is 0 Å². The van der Waals surface area contributed by atoms with Gasteiger partial charge in [-0.2, -0.15) is 11.8 Å². The molecule has 0 radical (unpaired) electrons. The predicted octanol–water partition coefficient (Wildman–Crippen LogP) is 1.30. The zero-order valence-electron chi connectivity index (χ0n) is 11.0. The molecule has 17 heavy (non-hydrogen) atoms. The molecule has 0 aliphatic heterocycles. The molecule has 4 nitrogen and oxygen atoms in total. The molecule has 1 aliphatic rings. The Kier molecular flexibility index (Phi) is 6.30. The van der Waals surface area contributed by atoms with Gasteiger partial charge in [0.1, 0.15) is 5.54 Å². The average Bonchev–Trinajstić information content (AvgIpc) is 3.14. The third-order valence-corrected chi connectivity index (χ3v) is 4.24. The molecule has 1 aliphatic carbocycles. The van der Waals surface area contributed by atoms with Crippen LogP contribution < -0.4 is 5.32 Å². The number of hydrogen-bond acceptors (Lipinski definition) is 5. The highest BCUT2D eigenvalue weighted by Gasteiger charge is 2.50. The van der Waals surface area contributed by atoms with Gasteiger partial charge in [-0.25, -0.2) is 0 Å². The summed E-state index contributed by atoms with van der Waals surface area (Å²) in [6, 6.07) is 0. The van der Waals surface area contributed by atoms with Crippen LogP contribution in [0.25, 0.3) is 0 Å². The lowest BCUT2D eigenvalue weighted by molar-refractivity contribution is -0.150. The van der Waals surface area contributed by atoms with Gasteiger partial charge in [-0.05, 0) is 32.7 Å². The molecule has 0 spiro atoms. The lowest BCUT2D eigenvalue weighted by atomic mass is 9.96. The summed E-state index contributed by atoms with van der Waals surface area (Å²) in [6.45, 7) is 3.01. The van der Waals surface area contributed by atoms with Crippen LogP contribution in [0, 0.1) is 5.92 Å². The fourth-order valence-electron chi connectivity index (χ4n) is 1.93. The fraction of sp³-hybridized carbons (Fsp3) is 0.917. The normalized spacial score (nSPS) is 18.8. The van der Waals surface area contributed by atoms with Crippen molar-refractivity contribution in [2.45, 2.75) is 25.3 Å². The molecular weight excluding hydrogens is 238 g/mol. The second kappa shape index (κ2) is 7.24. The van der Waals surface area contributed by atoms with Crippen molar-refractivity contribution in [3.8, 4) is 0 Å². The molecule has 0 amide bonds. The topological polar surface area (TPSA) is 47.6 Å². The number of thioether (sulfide) groups is 1. The van der Waals surface area contributed by atoms with E-state index in [1.54, 1.807) is 18.9 Å². The van der Waals surface area contributed by atoms with Gasteiger partial charge >= 0.3 is 5.97 Å². The highest BCUT2D eigenvalue weighted by Crippen LogP contribution is 2.42. The van der Waals surface area contributed by atoms with Crippen LogP contribution in [0.3, 0.4) is 0 Å². The number of esters is 1. The van der Waals surface area contributed by atoms with Crippen LogP contribution in [0.15, 0.2) is 0 Å². The van der Waals surface area contributed by atoms with Crippen molar-refractivity contribution in [3.63, 3.8) is 0 Å². The number of ether oxygens (including phenoxy) is 2. The second-order valence-electron chi connectivity index (χ2n) is 4.26. The zero-order valence-corrected chi connectivity index (χ0v) is 11.8. The van der Waals surface area contributed by atoms with Crippen molar-refractivity contribution in [3.05, 3.63) is 0 Å². The second-order valence-corrected chi connectivity index (χ2v) is 5.37. The maximum Gasteiger partial charge on any atom is 0.327 e. The van der Waals surface area contributed by atoms with Crippen LogP contribution in [0.2, 0.25) is 0 Å². The van der Waals surface area contributed by atoms with E-state index in [9.17, 15) is 4.79 Å². The molecular formula is C12H23NO3S. The van der Waals surface area contributed by atoms with Gasteiger partial charge in [-0.15, -0.1) is 0 Å². The van der Waals surface area contributed by atoms with Crippen LogP contribution in [0.5, 0.6) is 0 Å². The Labute approximate surface area is 108 Å². The van der Waals surface area contributed by atoms with Crippen LogP contribution in [-0.4, -0.2) is 50.4 Å². The zero-order chi connectivity index (χ0) is 12.7. The number of likely N-dealkylation sites (N-methyl/N-ethyl adjacent to an activating group) is 1. The molecule has 0 aromatic rings. The molecule has 1 unspecified atom stereocenters. The Hall–Kier alpha value is -0.260. The van der Waals surface area contributed by atoms with Gasteiger partial charge in [-0.3, -0.25) is 4.79 Å². The number of rotatable bonds is 9. The molecule has 1 saturated carbocycles. The summed E-state index contributed by atoms with van der Waals surface area (Å²) >= 11 is 1.74. The quantitative estimate of drug-likeness (QED) is 0.501. The van der Waals surface area contributed by atoms with E-state index in [4.69, 9.17) is 9.47 Å². The van der Waals surface area contributed by atoms with E-state index in [0.717, 1.165) is 31.0 Å². The molecule has 1 rings (SSSR count). The molecule has 1 atom stereocenters. The van der Waals surface area contributed by atoms with Crippen LogP contribution in [0.4, 0.5) is 0 Å². The molecule has 0 bridgehead atoms. The van der Waals surface area contributed by atoms with Crippen molar-refractivity contribution in [2.24, 2.45) is 5.92 Å². The van der Waals surface area contributed by atoms with Crippen LogP contribution >= 0.6 is 11.8 Å². The summed E-state index contributed by atoms with van der Waals surface area (Å²) in [7, 11) is 3.55. The first kappa shape index (κ1) is 14.8. The van der Waals surface area contributed by atoms with Crippen molar-refractivity contribution < 1.29 is 14.3 Å². The minimum atomic E-state index is -0.492. The maximum atomic E-state index is 12.1. The molecule has 0 aromatic carbocycles. The van der Waals surface area contributed by atoms with E-state index in [-0.39, 0.29) is 5.97 Å². The standard InChI is InChI=1S/C12H23NO3S/c1-4-16-11(14)12(13-2,10-5-6-10)9-17-8-7-15-3/h10,13H,4-9H2,1-3H3. The van der Waals surface area contributed by atoms with Gasteiger partial charge in [0.05, 0.1) is 13.2 Å². The first-order valence-electron chi connectivity index (χ1n) is 6.14. The van der Waals surface area contributed by atoms with Crippen LogP contribution in [0.1, 0.15) is 19.8 Å². The van der Waals surface area contributed by atoms with E-state index in [1.807, 2.05) is 14.0 Å². The Morgan fingerprint density at radius 1 is 1.53 bits per heavy atom. The summed E-state index contributed by atoms with van der Waals surface area (Å²) < 4.78 is 10.2. The average molecular weight is 261 g/mol. The Morgan fingerprint density at radius 3 is 2.71 bits per heavy atom. The molecule has 1 N–H and O–H groups in total.